The van der Waals surface area contributed by atoms with E-state index in [2.05, 4.69) is 0 Å². The number of carbonyl (C=O) groups is 1. The molecule has 0 saturated heterocycles. The Labute approximate surface area is 104 Å². The average Bonchev–Trinajstić information content (AvgIpc) is 2.38. The van der Waals surface area contributed by atoms with Crippen LogP contribution in [0.25, 0.3) is 0 Å². The van der Waals surface area contributed by atoms with Crippen LogP contribution in [-0.2, 0) is 5.75 Å². The van der Waals surface area contributed by atoms with Gasteiger partial charge in [0.1, 0.15) is 5.82 Å². The highest BCUT2D eigenvalue weighted by Crippen LogP contribution is 2.26. The van der Waals surface area contributed by atoms with Crippen LogP contribution in [0.3, 0.4) is 0 Å². The fraction of sp³-hybridized carbons (Fsp3) is 0.0714. The van der Waals surface area contributed by atoms with Gasteiger partial charge in [-0.2, -0.15) is 0 Å². The highest BCUT2D eigenvalue weighted by atomic mass is 32.2. The molecule has 2 aromatic rings. The number of halogens is 1. The van der Waals surface area contributed by atoms with Gasteiger partial charge >= 0.3 is 0 Å². The summed E-state index contributed by atoms with van der Waals surface area (Å²) in [5.74, 6) is 0.320. The molecule has 0 aromatic heterocycles. The molecule has 3 heteroatoms. The Morgan fingerprint density at radius 2 is 1.76 bits per heavy atom. The molecule has 0 amide bonds. The third-order valence-electron chi connectivity index (χ3n) is 2.39. The third kappa shape index (κ3) is 2.94. The summed E-state index contributed by atoms with van der Waals surface area (Å²) < 4.78 is 13.4. The van der Waals surface area contributed by atoms with Crippen LogP contribution >= 0.6 is 11.8 Å². The van der Waals surface area contributed by atoms with Gasteiger partial charge in [-0.1, -0.05) is 36.4 Å². The minimum Gasteiger partial charge on any atom is -0.298 e. The summed E-state index contributed by atoms with van der Waals surface area (Å²) >= 11 is 1.47. The number of carbonyl (C=O) groups excluding carboxylic acids is 1. The second-order valence-electron chi connectivity index (χ2n) is 3.54. The molecule has 0 aliphatic heterocycles. The zero-order chi connectivity index (χ0) is 12.1. The molecule has 2 aromatic carbocycles. The van der Waals surface area contributed by atoms with E-state index in [1.54, 1.807) is 18.2 Å². The summed E-state index contributed by atoms with van der Waals surface area (Å²) in [6.45, 7) is 0. The molecule has 2 rings (SSSR count). The second-order valence-corrected chi connectivity index (χ2v) is 4.55. The molecule has 1 nitrogen and oxygen atoms in total. The molecule has 0 aliphatic carbocycles. The summed E-state index contributed by atoms with van der Waals surface area (Å²) in [5, 5.41) is 0. The van der Waals surface area contributed by atoms with Gasteiger partial charge in [-0.25, -0.2) is 4.39 Å². The van der Waals surface area contributed by atoms with E-state index in [9.17, 15) is 9.18 Å². The summed E-state index contributed by atoms with van der Waals surface area (Å²) in [6.07, 6.45) is 0.823. The maximum atomic E-state index is 13.4. The molecule has 86 valence electrons. The topological polar surface area (TPSA) is 17.1 Å². The Hall–Kier alpha value is -1.61. The maximum absolute atomic E-state index is 13.4. The van der Waals surface area contributed by atoms with Gasteiger partial charge < -0.3 is 0 Å². The summed E-state index contributed by atoms with van der Waals surface area (Å²) in [6, 6.07) is 14.0. The number of hydrogen-bond donors (Lipinski definition) is 0. The van der Waals surface area contributed by atoms with Crippen LogP contribution in [0.4, 0.5) is 4.39 Å². The largest absolute Gasteiger partial charge is 0.298 e. The van der Waals surface area contributed by atoms with Crippen molar-refractivity contribution in [3.63, 3.8) is 0 Å². The van der Waals surface area contributed by atoms with Crippen molar-refractivity contribution in [1.82, 2.24) is 0 Å². The first kappa shape index (κ1) is 11.9. The van der Waals surface area contributed by atoms with Crippen molar-refractivity contribution in [2.75, 3.05) is 0 Å². The summed E-state index contributed by atoms with van der Waals surface area (Å²) in [7, 11) is 0. The molecular weight excluding hydrogens is 235 g/mol. The van der Waals surface area contributed by atoms with Crippen molar-refractivity contribution < 1.29 is 9.18 Å². The highest BCUT2D eigenvalue weighted by molar-refractivity contribution is 7.98. The summed E-state index contributed by atoms with van der Waals surface area (Å²) in [5.41, 5.74) is 1.30. The Morgan fingerprint density at radius 3 is 2.53 bits per heavy atom. The SMILES string of the molecule is O=Cc1ccccc1SCc1ccccc1F. The van der Waals surface area contributed by atoms with Gasteiger partial charge in [-0.05, 0) is 17.7 Å². The minimum atomic E-state index is -0.205. The van der Waals surface area contributed by atoms with Crippen LogP contribution in [0, 0.1) is 5.82 Å². The normalized spacial score (nSPS) is 10.2. The molecule has 0 heterocycles. The van der Waals surface area contributed by atoms with Crippen LogP contribution in [0.2, 0.25) is 0 Å². The van der Waals surface area contributed by atoms with Crippen LogP contribution in [0.1, 0.15) is 15.9 Å². The Kier molecular flexibility index (Phi) is 3.94. The lowest BCUT2D eigenvalue weighted by Gasteiger charge is -2.05. The van der Waals surface area contributed by atoms with E-state index in [1.165, 1.54) is 17.8 Å². The number of hydrogen-bond acceptors (Lipinski definition) is 2. The van der Waals surface area contributed by atoms with Crippen LogP contribution in [-0.4, -0.2) is 6.29 Å². The molecular formula is C14H11FOS. The molecule has 0 fully saturated rings. The Bertz CT molecular complexity index is 525. The molecule has 17 heavy (non-hydrogen) atoms. The van der Waals surface area contributed by atoms with E-state index in [-0.39, 0.29) is 5.82 Å². The first-order valence-corrected chi connectivity index (χ1v) is 6.20. The monoisotopic (exact) mass is 246 g/mol. The van der Waals surface area contributed by atoms with E-state index in [0.29, 0.717) is 16.9 Å². The summed E-state index contributed by atoms with van der Waals surface area (Å²) in [4.78, 5) is 11.7. The lowest BCUT2D eigenvalue weighted by Crippen LogP contribution is -1.88. The zero-order valence-electron chi connectivity index (χ0n) is 9.10. The number of thioether (sulfide) groups is 1. The van der Waals surface area contributed by atoms with Crippen LogP contribution in [0.15, 0.2) is 53.4 Å². The van der Waals surface area contributed by atoms with Gasteiger partial charge in [0.15, 0.2) is 6.29 Å². The molecule has 0 atom stereocenters. The van der Waals surface area contributed by atoms with Crippen molar-refractivity contribution in [1.29, 1.82) is 0 Å². The molecule has 0 aliphatic rings. The predicted octanol–water partition coefficient (Wildman–Crippen LogP) is 3.93. The van der Waals surface area contributed by atoms with Gasteiger partial charge in [0.25, 0.3) is 0 Å². The van der Waals surface area contributed by atoms with Crippen molar-refractivity contribution in [2.24, 2.45) is 0 Å². The third-order valence-corrected chi connectivity index (χ3v) is 3.53. The number of rotatable bonds is 4. The molecule has 0 bridgehead atoms. The van der Waals surface area contributed by atoms with Gasteiger partial charge in [0.05, 0.1) is 0 Å². The quantitative estimate of drug-likeness (QED) is 0.600. The lowest BCUT2D eigenvalue weighted by atomic mass is 10.2. The van der Waals surface area contributed by atoms with E-state index in [0.717, 1.165) is 11.2 Å². The standard InChI is InChI=1S/C14H11FOS/c15-13-7-3-1-6-12(13)10-17-14-8-4-2-5-11(14)9-16/h1-9H,10H2. The van der Waals surface area contributed by atoms with E-state index in [1.807, 2.05) is 24.3 Å². The Balaban J connectivity index is 2.13. The first-order valence-electron chi connectivity index (χ1n) is 5.21. The van der Waals surface area contributed by atoms with E-state index < -0.39 is 0 Å². The van der Waals surface area contributed by atoms with Gasteiger partial charge in [-0.15, -0.1) is 11.8 Å². The van der Waals surface area contributed by atoms with Crippen LogP contribution < -0.4 is 0 Å². The van der Waals surface area contributed by atoms with Gasteiger partial charge in [0, 0.05) is 16.2 Å². The lowest BCUT2D eigenvalue weighted by molar-refractivity contribution is 0.112. The van der Waals surface area contributed by atoms with Crippen molar-refractivity contribution in [3.05, 3.63) is 65.5 Å². The average molecular weight is 246 g/mol. The molecule has 0 N–H and O–H groups in total. The van der Waals surface area contributed by atoms with Crippen molar-refractivity contribution in [3.8, 4) is 0 Å². The molecule has 0 radical (unpaired) electrons. The predicted molar refractivity (Wildman–Crippen MR) is 67.8 cm³/mol. The van der Waals surface area contributed by atoms with Gasteiger partial charge in [0.2, 0.25) is 0 Å². The zero-order valence-corrected chi connectivity index (χ0v) is 9.91. The van der Waals surface area contributed by atoms with E-state index in [4.69, 9.17) is 0 Å². The fourth-order valence-corrected chi connectivity index (χ4v) is 2.48. The smallest absolute Gasteiger partial charge is 0.151 e. The highest BCUT2D eigenvalue weighted by Gasteiger charge is 2.04. The molecule has 0 saturated carbocycles. The number of benzene rings is 2. The van der Waals surface area contributed by atoms with Crippen LogP contribution in [0.5, 0.6) is 0 Å². The van der Waals surface area contributed by atoms with Gasteiger partial charge in [-0.3, -0.25) is 4.79 Å². The van der Waals surface area contributed by atoms with Crippen molar-refractivity contribution >= 4 is 18.0 Å². The first-order chi connectivity index (χ1) is 8.31. The maximum Gasteiger partial charge on any atom is 0.151 e. The second kappa shape index (κ2) is 5.64. The van der Waals surface area contributed by atoms with E-state index >= 15 is 0 Å². The number of aldehydes is 1. The molecule has 0 spiro atoms. The minimum absolute atomic E-state index is 0.205. The van der Waals surface area contributed by atoms with Crippen molar-refractivity contribution in [2.45, 2.75) is 10.6 Å². The Morgan fingerprint density at radius 1 is 1.06 bits per heavy atom. The fourth-order valence-electron chi connectivity index (χ4n) is 1.48. The molecule has 0 unspecified atom stereocenters.